The molecule has 2 N–H and O–H groups in total. The zero-order valence-corrected chi connectivity index (χ0v) is 10.9. The molecule has 0 saturated carbocycles. The van der Waals surface area contributed by atoms with Gasteiger partial charge in [-0.25, -0.2) is 4.68 Å². The highest BCUT2D eigenvalue weighted by molar-refractivity contribution is 14.1. The highest BCUT2D eigenvalue weighted by Gasteiger charge is 2.14. The lowest BCUT2D eigenvalue weighted by Gasteiger charge is -2.07. The fraction of sp³-hybridized carbons (Fsp3) is 0. The van der Waals surface area contributed by atoms with E-state index in [1.807, 2.05) is 0 Å². The smallest absolute Gasteiger partial charge is 0.252 e. The summed E-state index contributed by atoms with van der Waals surface area (Å²) in [5, 5.41) is 4.44. The van der Waals surface area contributed by atoms with E-state index in [-0.39, 0.29) is 5.56 Å². The third-order valence-corrected chi connectivity index (χ3v) is 2.91. The van der Waals surface area contributed by atoms with Crippen LogP contribution in [-0.4, -0.2) is 15.7 Å². The molecule has 0 unspecified atom stereocenters. The Labute approximate surface area is 111 Å². The van der Waals surface area contributed by atoms with E-state index in [2.05, 4.69) is 27.7 Å². The second-order valence-corrected chi connectivity index (χ2v) is 4.75. The molecule has 1 amide bonds. The summed E-state index contributed by atoms with van der Waals surface area (Å²) in [7, 11) is 0. The first-order chi connectivity index (χ1) is 7.59. The maximum Gasteiger partial charge on any atom is 0.252 e. The van der Waals surface area contributed by atoms with Crippen LogP contribution in [0, 0.1) is 3.57 Å². The average molecular weight is 348 g/mol. The van der Waals surface area contributed by atoms with E-state index in [0.29, 0.717) is 10.7 Å². The number of aromatic nitrogens is 2. The van der Waals surface area contributed by atoms with E-state index in [1.165, 1.54) is 0 Å². The van der Waals surface area contributed by atoms with Crippen LogP contribution in [0.5, 0.6) is 0 Å². The van der Waals surface area contributed by atoms with Gasteiger partial charge in [0.1, 0.15) is 0 Å². The summed E-state index contributed by atoms with van der Waals surface area (Å²) in [6, 6.07) is 5.12. The molecule has 0 spiro atoms. The third kappa shape index (κ3) is 2.05. The Balaban J connectivity index is 2.65. The molecule has 2 aromatic rings. The van der Waals surface area contributed by atoms with Gasteiger partial charge < -0.3 is 5.73 Å². The van der Waals surface area contributed by atoms with E-state index in [0.717, 1.165) is 3.57 Å². The van der Waals surface area contributed by atoms with Gasteiger partial charge in [0.2, 0.25) is 0 Å². The Hall–Kier alpha value is -1.08. The molecule has 0 aliphatic carbocycles. The molecule has 16 heavy (non-hydrogen) atoms. The molecule has 0 aliphatic rings. The van der Waals surface area contributed by atoms with Crippen molar-refractivity contribution in [1.29, 1.82) is 0 Å². The quantitative estimate of drug-likeness (QED) is 0.847. The fourth-order valence-corrected chi connectivity index (χ4v) is 2.03. The lowest BCUT2D eigenvalue weighted by atomic mass is 10.1. The van der Waals surface area contributed by atoms with Crippen molar-refractivity contribution in [2.75, 3.05) is 0 Å². The number of nitrogens with two attached hydrogens (primary N) is 1. The zero-order valence-electron chi connectivity index (χ0n) is 8.02. The first-order valence-corrected chi connectivity index (χ1v) is 5.84. The first-order valence-electron chi connectivity index (χ1n) is 4.38. The Bertz CT molecular complexity index is 553. The van der Waals surface area contributed by atoms with Crippen LogP contribution in [0.2, 0.25) is 5.02 Å². The van der Waals surface area contributed by atoms with Crippen LogP contribution < -0.4 is 5.73 Å². The summed E-state index contributed by atoms with van der Waals surface area (Å²) in [5.74, 6) is -0.564. The molecule has 1 heterocycles. The van der Waals surface area contributed by atoms with Gasteiger partial charge in [-0.1, -0.05) is 17.7 Å². The highest BCUT2D eigenvalue weighted by atomic mass is 127. The van der Waals surface area contributed by atoms with E-state index < -0.39 is 5.91 Å². The monoisotopic (exact) mass is 347 g/mol. The molecule has 0 saturated heterocycles. The van der Waals surface area contributed by atoms with Gasteiger partial charge in [0.15, 0.2) is 0 Å². The molecule has 1 aromatic heterocycles. The van der Waals surface area contributed by atoms with Gasteiger partial charge in [-0.2, -0.15) is 5.10 Å². The summed E-state index contributed by atoms with van der Waals surface area (Å²) < 4.78 is 2.54. The number of hydrogen-bond acceptors (Lipinski definition) is 2. The predicted molar refractivity (Wildman–Crippen MR) is 69.8 cm³/mol. The first kappa shape index (κ1) is 11.4. The molecule has 4 nitrogen and oxygen atoms in total. The van der Waals surface area contributed by atoms with Crippen LogP contribution in [0.1, 0.15) is 10.4 Å². The Kier molecular flexibility index (Phi) is 3.15. The van der Waals surface area contributed by atoms with Crippen molar-refractivity contribution < 1.29 is 4.79 Å². The number of nitrogens with zero attached hydrogens (tertiary/aromatic N) is 2. The van der Waals surface area contributed by atoms with Crippen molar-refractivity contribution in [2.24, 2.45) is 5.73 Å². The molecule has 0 fully saturated rings. The number of rotatable bonds is 2. The summed E-state index contributed by atoms with van der Waals surface area (Å²) in [6.07, 6.45) is 3.48. The standard InChI is InChI=1S/C10H7ClIN3O/c11-7-2-1-3-8(9(7)10(13)16)15-5-6(12)4-14-15/h1-5H,(H2,13,16). The van der Waals surface area contributed by atoms with E-state index in [1.54, 1.807) is 35.3 Å². The number of hydrogen-bond donors (Lipinski definition) is 1. The van der Waals surface area contributed by atoms with Crippen molar-refractivity contribution in [3.8, 4) is 5.69 Å². The van der Waals surface area contributed by atoms with Crippen molar-refractivity contribution in [2.45, 2.75) is 0 Å². The van der Waals surface area contributed by atoms with Gasteiger partial charge in [0.05, 0.1) is 26.0 Å². The molecule has 0 atom stereocenters. The number of carbonyl (C=O) groups is 1. The molecule has 0 radical (unpaired) electrons. The average Bonchev–Trinajstić information content (AvgIpc) is 2.63. The Morgan fingerprint density at radius 3 is 2.81 bits per heavy atom. The normalized spacial score (nSPS) is 10.4. The van der Waals surface area contributed by atoms with Crippen molar-refractivity contribution >= 4 is 40.1 Å². The van der Waals surface area contributed by atoms with Crippen LogP contribution in [0.3, 0.4) is 0 Å². The van der Waals surface area contributed by atoms with Crippen LogP contribution in [0.25, 0.3) is 5.69 Å². The summed E-state index contributed by atoms with van der Waals surface area (Å²) >= 11 is 8.07. The molecular weight excluding hydrogens is 340 g/mol. The lowest BCUT2D eigenvalue weighted by molar-refractivity contribution is 0.100. The second kappa shape index (κ2) is 4.42. The highest BCUT2D eigenvalue weighted by Crippen LogP contribution is 2.22. The lowest BCUT2D eigenvalue weighted by Crippen LogP contribution is -2.15. The number of benzene rings is 1. The third-order valence-electron chi connectivity index (χ3n) is 2.04. The number of primary amides is 1. The minimum atomic E-state index is -0.564. The molecule has 82 valence electrons. The van der Waals surface area contributed by atoms with Gasteiger partial charge in [-0.15, -0.1) is 0 Å². The molecule has 1 aromatic carbocycles. The SMILES string of the molecule is NC(=O)c1c(Cl)cccc1-n1cc(I)cn1. The summed E-state index contributed by atoms with van der Waals surface area (Å²) in [5.41, 5.74) is 6.16. The van der Waals surface area contributed by atoms with Crippen LogP contribution >= 0.6 is 34.2 Å². The number of halogens is 2. The van der Waals surface area contributed by atoms with Gasteiger partial charge in [-0.3, -0.25) is 4.79 Å². The second-order valence-electron chi connectivity index (χ2n) is 3.10. The van der Waals surface area contributed by atoms with E-state index >= 15 is 0 Å². The van der Waals surface area contributed by atoms with Gasteiger partial charge in [-0.05, 0) is 34.7 Å². The van der Waals surface area contributed by atoms with Crippen LogP contribution in [0.4, 0.5) is 0 Å². The van der Waals surface area contributed by atoms with E-state index in [9.17, 15) is 4.79 Å². The van der Waals surface area contributed by atoms with Crippen LogP contribution in [-0.2, 0) is 0 Å². The Morgan fingerprint density at radius 2 is 2.25 bits per heavy atom. The minimum Gasteiger partial charge on any atom is -0.365 e. The topological polar surface area (TPSA) is 60.9 Å². The molecule has 0 aliphatic heterocycles. The van der Waals surface area contributed by atoms with Gasteiger partial charge in [0.25, 0.3) is 5.91 Å². The van der Waals surface area contributed by atoms with Crippen LogP contribution in [0.15, 0.2) is 30.6 Å². The van der Waals surface area contributed by atoms with E-state index in [4.69, 9.17) is 17.3 Å². The summed E-state index contributed by atoms with van der Waals surface area (Å²) in [6.45, 7) is 0. The van der Waals surface area contributed by atoms with Crippen molar-refractivity contribution in [3.63, 3.8) is 0 Å². The maximum absolute atomic E-state index is 11.3. The predicted octanol–water partition coefficient (Wildman–Crippen LogP) is 2.23. The molecule has 0 bridgehead atoms. The summed E-state index contributed by atoms with van der Waals surface area (Å²) in [4.78, 5) is 11.3. The van der Waals surface area contributed by atoms with Gasteiger partial charge >= 0.3 is 0 Å². The largest absolute Gasteiger partial charge is 0.365 e. The number of carbonyl (C=O) groups excluding carboxylic acids is 1. The Morgan fingerprint density at radius 1 is 1.50 bits per heavy atom. The van der Waals surface area contributed by atoms with Crippen molar-refractivity contribution in [1.82, 2.24) is 9.78 Å². The van der Waals surface area contributed by atoms with Gasteiger partial charge in [0, 0.05) is 6.20 Å². The van der Waals surface area contributed by atoms with Crippen molar-refractivity contribution in [3.05, 3.63) is 44.7 Å². The number of amides is 1. The fourth-order valence-electron chi connectivity index (χ4n) is 1.38. The molecular formula is C10H7ClIN3O. The zero-order chi connectivity index (χ0) is 11.7. The maximum atomic E-state index is 11.3. The molecule has 6 heteroatoms. The molecule has 2 rings (SSSR count). The minimum absolute atomic E-state index is 0.281.